The predicted octanol–water partition coefficient (Wildman–Crippen LogP) is 0.107. The fourth-order valence-electron chi connectivity index (χ4n) is 2.10. The summed E-state index contributed by atoms with van der Waals surface area (Å²) in [6.07, 6.45) is 7.92. The Bertz CT molecular complexity index is 828. The van der Waals surface area contributed by atoms with Crippen molar-refractivity contribution in [3.63, 3.8) is 0 Å². The van der Waals surface area contributed by atoms with Gasteiger partial charge in [0.1, 0.15) is 0 Å². The Labute approximate surface area is 114 Å². The summed E-state index contributed by atoms with van der Waals surface area (Å²) in [5.41, 5.74) is -0.0349. The molecule has 0 unspecified atom stereocenters. The van der Waals surface area contributed by atoms with Crippen LogP contribution in [-0.2, 0) is 14.1 Å². The van der Waals surface area contributed by atoms with Crippen molar-refractivity contribution in [3.05, 3.63) is 44.9 Å². The van der Waals surface area contributed by atoms with Gasteiger partial charge in [-0.2, -0.15) is 10.1 Å². The van der Waals surface area contributed by atoms with E-state index in [2.05, 4.69) is 15.1 Å². The minimum atomic E-state index is -0.605. The van der Waals surface area contributed by atoms with E-state index in [1.165, 1.54) is 11.7 Å². The number of fused-ring (bicyclic) bond motifs is 1. The standard InChI is InChI=1S/C13H13N5O2/c1-17-12(19)9-11(15-13(17)20)18(2)16-10(14-9)8-6-4-3-5-7-8/h4,6-7H,3,5H2,1-2H3. The van der Waals surface area contributed by atoms with Crippen LogP contribution < -0.4 is 11.2 Å². The molecule has 0 aromatic rings. The normalized spacial score (nSPS) is 14.6. The van der Waals surface area contributed by atoms with E-state index in [9.17, 15) is 9.59 Å². The molecular formula is C13H13N5O2. The fourth-order valence-corrected chi connectivity index (χ4v) is 2.10. The highest BCUT2D eigenvalue weighted by Crippen LogP contribution is 2.19. The summed E-state index contributed by atoms with van der Waals surface area (Å²) < 4.78 is 2.37. The van der Waals surface area contributed by atoms with Crippen LogP contribution >= 0.6 is 0 Å². The molecule has 0 amide bonds. The molecule has 0 fully saturated rings. The number of allylic oxidation sites excluding steroid dienone is 4. The predicted molar refractivity (Wildman–Crippen MR) is 73.3 cm³/mol. The molecule has 0 bridgehead atoms. The number of hydrogen-bond donors (Lipinski definition) is 0. The molecule has 0 aromatic carbocycles. The Morgan fingerprint density at radius 2 is 1.95 bits per heavy atom. The van der Waals surface area contributed by atoms with Crippen LogP contribution in [-0.4, -0.2) is 24.3 Å². The maximum atomic E-state index is 12.1. The van der Waals surface area contributed by atoms with Gasteiger partial charge < -0.3 is 0 Å². The van der Waals surface area contributed by atoms with Crippen LogP contribution in [0.1, 0.15) is 18.7 Å². The Hall–Kier alpha value is -2.57. The average molecular weight is 271 g/mol. The monoisotopic (exact) mass is 271 g/mol. The van der Waals surface area contributed by atoms with Gasteiger partial charge in [-0.3, -0.25) is 9.36 Å². The smallest absolute Gasteiger partial charge is 0.267 e. The van der Waals surface area contributed by atoms with Gasteiger partial charge in [0.25, 0.3) is 5.56 Å². The molecule has 3 rings (SSSR count). The summed E-state index contributed by atoms with van der Waals surface area (Å²) in [6.45, 7) is 0. The van der Waals surface area contributed by atoms with Crippen molar-refractivity contribution < 1.29 is 0 Å². The van der Waals surface area contributed by atoms with Gasteiger partial charge in [0.05, 0.1) is 0 Å². The van der Waals surface area contributed by atoms with Gasteiger partial charge in [-0.25, -0.2) is 14.5 Å². The molecule has 3 aliphatic rings. The minimum Gasteiger partial charge on any atom is -0.267 e. The zero-order valence-electron chi connectivity index (χ0n) is 11.2. The third-order valence-corrected chi connectivity index (χ3v) is 3.23. The fraction of sp³-hybridized carbons (Fsp3) is 0.308. The molecular weight excluding hydrogens is 258 g/mol. The van der Waals surface area contributed by atoms with E-state index in [4.69, 9.17) is 0 Å². The van der Waals surface area contributed by atoms with Gasteiger partial charge in [-0.05, 0) is 12.8 Å². The molecule has 2 aliphatic heterocycles. The van der Waals surface area contributed by atoms with Crippen molar-refractivity contribution in [2.75, 3.05) is 0 Å². The molecule has 2 heterocycles. The highest BCUT2D eigenvalue weighted by Gasteiger charge is 2.19. The van der Waals surface area contributed by atoms with Gasteiger partial charge in [-0.1, -0.05) is 18.2 Å². The van der Waals surface area contributed by atoms with E-state index in [0.717, 1.165) is 23.0 Å². The van der Waals surface area contributed by atoms with E-state index >= 15 is 0 Å². The minimum absolute atomic E-state index is 0.152. The number of aromatic nitrogens is 5. The highest BCUT2D eigenvalue weighted by molar-refractivity contribution is 5.71. The summed E-state index contributed by atoms with van der Waals surface area (Å²) in [6, 6.07) is 0. The maximum absolute atomic E-state index is 12.1. The number of aryl methyl sites for hydroxylation is 1. The van der Waals surface area contributed by atoms with Crippen LogP contribution in [0.15, 0.2) is 27.8 Å². The molecule has 0 N–H and O–H groups in total. The lowest BCUT2D eigenvalue weighted by Gasteiger charge is -2.12. The van der Waals surface area contributed by atoms with Crippen molar-refractivity contribution in [2.24, 2.45) is 14.1 Å². The lowest BCUT2D eigenvalue weighted by Crippen LogP contribution is -2.37. The topological polar surface area (TPSA) is 82.7 Å². The van der Waals surface area contributed by atoms with Crippen LogP contribution in [0.3, 0.4) is 0 Å². The summed E-state index contributed by atoms with van der Waals surface area (Å²) in [7, 11) is 3.03. The van der Waals surface area contributed by atoms with Crippen LogP contribution in [0.4, 0.5) is 0 Å². The molecule has 7 heteroatoms. The van der Waals surface area contributed by atoms with E-state index < -0.39 is 11.2 Å². The van der Waals surface area contributed by atoms with Crippen molar-refractivity contribution in [3.8, 4) is 11.5 Å². The van der Waals surface area contributed by atoms with Gasteiger partial charge in [-0.15, -0.1) is 0 Å². The number of nitrogens with zero attached hydrogens (tertiary/aromatic N) is 5. The molecule has 0 aromatic heterocycles. The Balaban J connectivity index is 2.32. The molecule has 0 saturated heterocycles. The lowest BCUT2D eigenvalue weighted by molar-refractivity contribution is 0.668. The SMILES string of the molecule is Cn1nc(C2=CCCC=C2)nc2c(=O)n(C)c(=O)nc1-2. The van der Waals surface area contributed by atoms with Gasteiger partial charge >= 0.3 is 5.69 Å². The largest absolute Gasteiger partial charge is 0.352 e. The zero-order chi connectivity index (χ0) is 14.3. The van der Waals surface area contributed by atoms with Crippen molar-refractivity contribution in [1.82, 2.24) is 24.3 Å². The second kappa shape index (κ2) is 4.52. The Kier molecular flexibility index (Phi) is 2.81. The summed E-state index contributed by atoms with van der Waals surface area (Å²) in [4.78, 5) is 31.8. The Morgan fingerprint density at radius 1 is 1.15 bits per heavy atom. The first-order valence-corrected chi connectivity index (χ1v) is 6.27. The number of hydrogen-bond acceptors (Lipinski definition) is 5. The van der Waals surface area contributed by atoms with Crippen molar-refractivity contribution >= 4 is 5.57 Å². The summed E-state index contributed by atoms with van der Waals surface area (Å²) >= 11 is 0. The number of rotatable bonds is 1. The second-order valence-electron chi connectivity index (χ2n) is 4.63. The molecule has 0 atom stereocenters. The first kappa shape index (κ1) is 12.5. The average Bonchev–Trinajstić information content (AvgIpc) is 2.47. The first-order chi connectivity index (χ1) is 9.58. The summed E-state index contributed by atoms with van der Waals surface area (Å²) in [5.74, 6) is 0.663. The molecule has 0 saturated carbocycles. The van der Waals surface area contributed by atoms with Crippen LogP contribution in [0.25, 0.3) is 17.1 Å². The Morgan fingerprint density at radius 3 is 2.65 bits per heavy atom. The molecule has 0 radical (unpaired) electrons. The zero-order valence-corrected chi connectivity index (χ0v) is 11.2. The van der Waals surface area contributed by atoms with Crippen LogP contribution in [0.5, 0.6) is 0 Å². The van der Waals surface area contributed by atoms with Crippen LogP contribution in [0.2, 0.25) is 0 Å². The van der Waals surface area contributed by atoms with Gasteiger partial charge in [0.2, 0.25) is 0 Å². The van der Waals surface area contributed by atoms with E-state index in [-0.39, 0.29) is 11.5 Å². The van der Waals surface area contributed by atoms with E-state index in [1.54, 1.807) is 7.05 Å². The van der Waals surface area contributed by atoms with E-state index in [0.29, 0.717) is 5.82 Å². The second-order valence-corrected chi connectivity index (χ2v) is 4.63. The molecule has 1 aliphatic carbocycles. The quantitative estimate of drug-likeness (QED) is 0.735. The maximum Gasteiger partial charge on any atom is 0.352 e. The summed E-state index contributed by atoms with van der Waals surface area (Å²) in [5, 5.41) is 4.27. The van der Waals surface area contributed by atoms with Crippen LogP contribution in [0, 0.1) is 0 Å². The lowest BCUT2D eigenvalue weighted by atomic mass is 10.1. The molecule has 0 spiro atoms. The first-order valence-electron chi connectivity index (χ1n) is 6.27. The third kappa shape index (κ3) is 1.87. The third-order valence-electron chi connectivity index (χ3n) is 3.23. The van der Waals surface area contributed by atoms with Crippen molar-refractivity contribution in [2.45, 2.75) is 12.8 Å². The van der Waals surface area contributed by atoms with E-state index in [1.807, 2.05) is 18.2 Å². The van der Waals surface area contributed by atoms with Gasteiger partial charge in [0.15, 0.2) is 17.3 Å². The highest BCUT2D eigenvalue weighted by atomic mass is 16.2. The molecule has 20 heavy (non-hydrogen) atoms. The molecule has 7 nitrogen and oxygen atoms in total. The molecule has 102 valence electrons. The van der Waals surface area contributed by atoms with Crippen molar-refractivity contribution in [1.29, 1.82) is 0 Å². The van der Waals surface area contributed by atoms with Gasteiger partial charge in [0, 0.05) is 19.7 Å².